The first-order valence-electron chi connectivity index (χ1n) is 11.9. The van der Waals surface area contributed by atoms with Crippen molar-refractivity contribution in [2.24, 2.45) is 0 Å². The SMILES string of the molecule is CCCN1CCCc2cc3c(c(-c4cccc(Cl)c4)c21)CCN(C(=O)OC(C)(C)C)CC3. The average molecular weight is 455 g/mol. The van der Waals surface area contributed by atoms with Gasteiger partial charge in [-0.1, -0.05) is 36.7 Å². The molecular formula is C27H35ClN2O2. The smallest absolute Gasteiger partial charge is 0.410 e. The fourth-order valence-corrected chi connectivity index (χ4v) is 5.22. The summed E-state index contributed by atoms with van der Waals surface area (Å²) >= 11 is 6.43. The van der Waals surface area contributed by atoms with Crippen molar-refractivity contribution in [1.29, 1.82) is 0 Å². The molecule has 0 saturated heterocycles. The summed E-state index contributed by atoms with van der Waals surface area (Å²) in [5.74, 6) is 0. The van der Waals surface area contributed by atoms with Crippen LogP contribution in [0.2, 0.25) is 5.02 Å². The number of hydrogen-bond acceptors (Lipinski definition) is 3. The predicted octanol–water partition coefficient (Wildman–Crippen LogP) is 6.51. The van der Waals surface area contributed by atoms with Crippen molar-refractivity contribution in [3.8, 4) is 11.1 Å². The summed E-state index contributed by atoms with van der Waals surface area (Å²) in [6, 6.07) is 10.7. The summed E-state index contributed by atoms with van der Waals surface area (Å²) in [5.41, 5.74) is 7.55. The van der Waals surface area contributed by atoms with E-state index < -0.39 is 5.60 Å². The Kier molecular flexibility index (Phi) is 6.71. The fraction of sp³-hybridized carbons (Fsp3) is 0.519. The highest BCUT2D eigenvalue weighted by Crippen LogP contribution is 2.43. The van der Waals surface area contributed by atoms with E-state index in [-0.39, 0.29) is 6.09 Å². The lowest BCUT2D eigenvalue weighted by molar-refractivity contribution is 0.0258. The van der Waals surface area contributed by atoms with Crippen LogP contribution in [0.5, 0.6) is 0 Å². The van der Waals surface area contributed by atoms with Crippen molar-refractivity contribution in [2.45, 2.75) is 65.4 Å². The van der Waals surface area contributed by atoms with Crippen LogP contribution in [-0.4, -0.2) is 42.8 Å². The van der Waals surface area contributed by atoms with Gasteiger partial charge < -0.3 is 14.5 Å². The van der Waals surface area contributed by atoms with Gasteiger partial charge in [0.15, 0.2) is 0 Å². The Morgan fingerprint density at radius 1 is 1.06 bits per heavy atom. The van der Waals surface area contributed by atoms with Crippen molar-refractivity contribution < 1.29 is 9.53 Å². The molecule has 2 aliphatic rings. The molecule has 0 radical (unpaired) electrons. The Balaban J connectivity index is 1.79. The number of hydrogen-bond donors (Lipinski definition) is 0. The van der Waals surface area contributed by atoms with Gasteiger partial charge in [0, 0.05) is 42.5 Å². The van der Waals surface area contributed by atoms with Crippen molar-refractivity contribution in [3.63, 3.8) is 0 Å². The lowest BCUT2D eigenvalue weighted by Crippen LogP contribution is -2.38. The van der Waals surface area contributed by atoms with E-state index in [2.05, 4.69) is 30.0 Å². The first-order chi connectivity index (χ1) is 15.3. The highest BCUT2D eigenvalue weighted by atomic mass is 35.5. The molecule has 2 aromatic rings. The highest BCUT2D eigenvalue weighted by Gasteiger charge is 2.29. The number of fused-ring (bicyclic) bond motifs is 2. The van der Waals surface area contributed by atoms with E-state index in [1.165, 1.54) is 39.9 Å². The van der Waals surface area contributed by atoms with Crippen molar-refractivity contribution in [1.82, 2.24) is 4.90 Å². The predicted molar refractivity (Wildman–Crippen MR) is 133 cm³/mol. The largest absolute Gasteiger partial charge is 0.444 e. The molecule has 0 bridgehead atoms. The normalized spacial score (nSPS) is 16.3. The van der Waals surface area contributed by atoms with Crippen molar-refractivity contribution in [2.75, 3.05) is 31.1 Å². The van der Waals surface area contributed by atoms with Gasteiger partial charge in [0.05, 0.1) is 0 Å². The number of nitrogens with zero attached hydrogens (tertiary/aromatic N) is 2. The summed E-state index contributed by atoms with van der Waals surface area (Å²) in [6.07, 6.45) is 4.87. The Bertz CT molecular complexity index is 996. The Morgan fingerprint density at radius 3 is 2.56 bits per heavy atom. The molecule has 1 amide bonds. The Hall–Kier alpha value is -2.20. The van der Waals surface area contributed by atoms with Gasteiger partial charge in [-0.05, 0) is 87.3 Å². The Morgan fingerprint density at radius 2 is 1.84 bits per heavy atom. The molecule has 2 aromatic carbocycles. The molecule has 0 aliphatic carbocycles. The quantitative estimate of drug-likeness (QED) is 0.530. The number of ether oxygens (including phenoxy) is 1. The minimum atomic E-state index is -0.484. The molecule has 2 aliphatic heterocycles. The molecule has 0 aromatic heterocycles. The van der Waals surface area contributed by atoms with Gasteiger partial charge in [0.1, 0.15) is 5.60 Å². The van der Waals surface area contributed by atoms with Crippen LogP contribution in [-0.2, 0) is 24.0 Å². The van der Waals surface area contributed by atoms with Gasteiger partial charge in [0.25, 0.3) is 0 Å². The maximum atomic E-state index is 12.8. The number of rotatable bonds is 3. The molecule has 4 rings (SSSR count). The lowest BCUT2D eigenvalue weighted by Gasteiger charge is -2.35. The number of halogens is 1. The second-order valence-corrected chi connectivity index (χ2v) is 10.4. The molecule has 0 N–H and O–H groups in total. The van der Waals surface area contributed by atoms with E-state index in [0.717, 1.165) is 43.8 Å². The maximum Gasteiger partial charge on any atom is 0.410 e. The average Bonchev–Trinajstić information content (AvgIpc) is 2.94. The van der Waals surface area contributed by atoms with E-state index in [4.69, 9.17) is 16.3 Å². The van der Waals surface area contributed by atoms with E-state index in [1.807, 2.05) is 37.8 Å². The van der Waals surface area contributed by atoms with Crippen molar-refractivity contribution >= 4 is 23.4 Å². The molecule has 0 spiro atoms. The second-order valence-electron chi connectivity index (χ2n) is 9.97. The Labute approximate surface area is 197 Å². The van der Waals surface area contributed by atoms with Crippen LogP contribution in [0, 0.1) is 0 Å². The van der Waals surface area contributed by atoms with Crippen LogP contribution in [0.25, 0.3) is 11.1 Å². The molecule has 4 nitrogen and oxygen atoms in total. The number of carbonyl (C=O) groups is 1. The maximum absolute atomic E-state index is 12.8. The molecule has 172 valence electrons. The summed E-state index contributed by atoms with van der Waals surface area (Å²) in [6.45, 7) is 11.5. The van der Waals surface area contributed by atoms with E-state index in [0.29, 0.717) is 13.1 Å². The minimum Gasteiger partial charge on any atom is -0.444 e. The number of aryl methyl sites for hydroxylation is 1. The molecule has 0 fully saturated rings. The second kappa shape index (κ2) is 9.35. The first-order valence-corrected chi connectivity index (χ1v) is 12.3. The van der Waals surface area contributed by atoms with Crippen LogP contribution in [0.4, 0.5) is 10.5 Å². The van der Waals surface area contributed by atoms with E-state index >= 15 is 0 Å². The van der Waals surface area contributed by atoms with Gasteiger partial charge in [-0.3, -0.25) is 0 Å². The number of benzene rings is 2. The van der Waals surface area contributed by atoms with Gasteiger partial charge in [0.2, 0.25) is 0 Å². The van der Waals surface area contributed by atoms with Crippen LogP contribution < -0.4 is 4.90 Å². The van der Waals surface area contributed by atoms with E-state index in [1.54, 1.807) is 0 Å². The summed E-state index contributed by atoms with van der Waals surface area (Å²) in [7, 11) is 0. The van der Waals surface area contributed by atoms with Gasteiger partial charge in [-0.15, -0.1) is 0 Å². The lowest BCUT2D eigenvalue weighted by atomic mass is 9.85. The molecule has 0 atom stereocenters. The van der Waals surface area contributed by atoms with Crippen LogP contribution in [0.3, 0.4) is 0 Å². The molecule has 5 heteroatoms. The molecule has 0 saturated carbocycles. The number of anilines is 1. The number of amides is 1. The van der Waals surface area contributed by atoms with Gasteiger partial charge >= 0.3 is 6.09 Å². The molecule has 0 unspecified atom stereocenters. The van der Waals surface area contributed by atoms with E-state index in [9.17, 15) is 4.79 Å². The summed E-state index contributed by atoms with van der Waals surface area (Å²) in [5, 5.41) is 0.760. The molecular weight excluding hydrogens is 420 g/mol. The monoisotopic (exact) mass is 454 g/mol. The van der Waals surface area contributed by atoms with Crippen LogP contribution in [0.1, 0.15) is 57.2 Å². The zero-order chi connectivity index (χ0) is 22.9. The third-order valence-corrected chi connectivity index (χ3v) is 6.55. The minimum absolute atomic E-state index is 0.216. The zero-order valence-corrected chi connectivity index (χ0v) is 20.6. The topological polar surface area (TPSA) is 32.8 Å². The number of carbonyl (C=O) groups excluding carboxylic acids is 1. The van der Waals surface area contributed by atoms with Gasteiger partial charge in [-0.2, -0.15) is 0 Å². The third kappa shape index (κ3) is 4.91. The third-order valence-electron chi connectivity index (χ3n) is 6.31. The van der Waals surface area contributed by atoms with Crippen LogP contribution >= 0.6 is 11.6 Å². The molecule has 2 heterocycles. The first kappa shape index (κ1) is 23.0. The summed E-state index contributed by atoms with van der Waals surface area (Å²) in [4.78, 5) is 17.2. The highest BCUT2D eigenvalue weighted by molar-refractivity contribution is 6.30. The standard InChI is InChI=1S/C27H35ClN2O2/c1-5-13-29-14-7-9-21-17-19-11-15-30(26(31)32-27(2,3)4)16-12-23(19)24(25(21)29)20-8-6-10-22(28)18-20/h6,8,10,17-18H,5,7,9,11-16H2,1-4H3. The zero-order valence-electron chi connectivity index (χ0n) is 19.8. The summed E-state index contributed by atoms with van der Waals surface area (Å²) < 4.78 is 5.67. The fourth-order valence-electron chi connectivity index (χ4n) is 5.03. The van der Waals surface area contributed by atoms with Crippen molar-refractivity contribution in [3.05, 3.63) is 52.0 Å². The van der Waals surface area contributed by atoms with Crippen LogP contribution in [0.15, 0.2) is 30.3 Å². The molecule has 32 heavy (non-hydrogen) atoms. The van der Waals surface area contributed by atoms with Gasteiger partial charge in [-0.25, -0.2) is 4.79 Å².